The van der Waals surface area contributed by atoms with Gasteiger partial charge in [0.15, 0.2) is 0 Å². The van der Waals surface area contributed by atoms with Crippen LogP contribution in [0.2, 0.25) is 0 Å². The van der Waals surface area contributed by atoms with Crippen LogP contribution < -0.4 is 9.64 Å². The summed E-state index contributed by atoms with van der Waals surface area (Å²) in [6.07, 6.45) is 3.31. The largest absolute Gasteiger partial charge is 0.494 e. The second kappa shape index (κ2) is 8.90. The molecule has 0 saturated carbocycles. The molecule has 2 aromatic rings. The third-order valence-electron chi connectivity index (χ3n) is 4.37. The molecule has 1 aliphatic heterocycles. The van der Waals surface area contributed by atoms with Crippen LogP contribution in [-0.4, -0.2) is 23.2 Å². The number of nitro groups is 1. The minimum absolute atomic E-state index is 0.00637. The number of carbonyl (C=O) groups excluding carboxylic acids is 1. The van der Waals surface area contributed by atoms with Crippen LogP contribution in [0, 0.1) is 10.1 Å². The number of non-ortho nitro benzene ring substituents is 1. The van der Waals surface area contributed by atoms with E-state index in [4.69, 9.17) is 4.74 Å². The van der Waals surface area contributed by atoms with Crippen LogP contribution >= 0.6 is 11.8 Å². The van der Waals surface area contributed by atoms with Crippen LogP contribution in [0.5, 0.6) is 5.75 Å². The van der Waals surface area contributed by atoms with E-state index in [9.17, 15) is 14.9 Å². The summed E-state index contributed by atoms with van der Waals surface area (Å²) in [7, 11) is 0. The highest BCUT2D eigenvalue weighted by atomic mass is 32.2. The van der Waals surface area contributed by atoms with E-state index in [-0.39, 0.29) is 17.0 Å². The van der Waals surface area contributed by atoms with Crippen molar-refractivity contribution in [2.45, 2.75) is 31.6 Å². The van der Waals surface area contributed by atoms with Gasteiger partial charge in [-0.05, 0) is 36.2 Å². The Morgan fingerprint density at radius 2 is 2.00 bits per heavy atom. The SMILES string of the molecule is CCCCCOc1ccc(N2C(=O)CS[C@H]2c2cccc([N+](=O)[O-])c2)cc1. The van der Waals surface area contributed by atoms with E-state index in [1.807, 2.05) is 30.3 Å². The molecule has 142 valence electrons. The number of thioether (sulfide) groups is 1. The highest BCUT2D eigenvalue weighted by Gasteiger charge is 2.34. The number of hydrogen-bond donors (Lipinski definition) is 0. The van der Waals surface area contributed by atoms with Crippen molar-refractivity contribution in [2.75, 3.05) is 17.3 Å². The third kappa shape index (κ3) is 4.60. The summed E-state index contributed by atoms with van der Waals surface area (Å²) in [5.41, 5.74) is 1.55. The van der Waals surface area contributed by atoms with Crippen LogP contribution in [0.1, 0.15) is 37.1 Å². The number of hydrogen-bond acceptors (Lipinski definition) is 5. The van der Waals surface area contributed by atoms with Crippen molar-refractivity contribution in [1.82, 2.24) is 0 Å². The predicted octanol–water partition coefficient (Wildman–Crippen LogP) is 4.94. The lowest BCUT2D eigenvalue weighted by molar-refractivity contribution is -0.384. The molecule has 6 nitrogen and oxygen atoms in total. The fourth-order valence-corrected chi connectivity index (χ4v) is 4.15. The summed E-state index contributed by atoms with van der Waals surface area (Å²) in [6.45, 7) is 2.83. The van der Waals surface area contributed by atoms with Gasteiger partial charge in [-0.1, -0.05) is 31.9 Å². The molecule has 0 spiro atoms. The van der Waals surface area contributed by atoms with Crippen LogP contribution in [0.25, 0.3) is 0 Å². The van der Waals surface area contributed by atoms with Gasteiger partial charge >= 0.3 is 0 Å². The van der Waals surface area contributed by atoms with Crippen molar-refractivity contribution >= 4 is 29.0 Å². The number of unbranched alkanes of at least 4 members (excludes halogenated alkanes) is 2. The van der Waals surface area contributed by atoms with Gasteiger partial charge in [-0.15, -0.1) is 11.8 Å². The minimum Gasteiger partial charge on any atom is -0.494 e. The molecule has 27 heavy (non-hydrogen) atoms. The van der Waals surface area contributed by atoms with Crippen molar-refractivity contribution in [3.8, 4) is 5.75 Å². The van der Waals surface area contributed by atoms with E-state index < -0.39 is 4.92 Å². The van der Waals surface area contributed by atoms with E-state index in [0.29, 0.717) is 12.4 Å². The monoisotopic (exact) mass is 386 g/mol. The molecule has 0 aliphatic carbocycles. The molecule has 1 fully saturated rings. The van der Waals surface area contributed by atoms with E-state index in [2.05, 4.69) is 6.92 Å². The van der Waals surface area contributed by atoms with Crippen LogP contribution in [0.15, 0.2) is 48.5 Å². The molecule has 2 aromatic carbocycles. The van der Waals surface area contributed by atoms with Crippen LogP contribution in [-0.2, 0) is 4.79 Å². The molecule has 1 amide bonds. The van der Waals surface area contributed by atoms with Crippen LogP contribution in [0.3, 0.4) is 0 Å². The Kier molecular flexibility index (Phi) is 6.34. The van der Waals surface area contributed by atoms with Gasteiger partial charge in [0.2, 0.25) is 5.91 Å². The highest BCUT2D eigenvalue weighted by Crippen LogP contribution is 2.42. The lowest BCUT2D eigenvalue weighted by atomic mass is 10.1. The molecule has 0 radical (unpaired) electrons. The number of ether oxygens (including phenoxy) is 1. The Hall–Kier alpha value is -2.54. The van der Waals surface area contributed by atoms with E-state index in [0.717, 1.165) is 36.3 Å². The van der Waals surface area contributed by atoms with Gasteiger partial charge in [0.1, 0.15) is 11.1 Å². The van der Waals surface area contributed by atoms with Crippen LogP contribution in [0.4, 0.5) is 11.4 Å². The first-order chi connectivity index (χ1) is 13.1. The number of amides is 1. The van der Waals surface area contributed by atoms with Gasteiger partial charge in [-0.3, -0.25) is 19.8 Å². The number of benzene rings is 2. The summed E-state index contributed by atoms with van der Waals surface area (Å²) in [4.78, 5) is 24.8. The van der Waals surface area contributed by atoms with Gasteiger partial charge in [0.05, 0.1) is 17.3 Å². The zero-order valence-electron chi connectivity index (χ0n) is 15.2. The maximum atomic E-state index is 12.4. The Morgan fingerprint density at radius 1 is 1.22 bits per heavy atom. The smallest absolute Gasteiger partial charge is 0.269 e. The van der Waals surface area contributed by atoms with E-state index >= 15 is 0 Å². The van der Waals surface area contributed by atoms with Gasteiger partial charge in [0, 0.05) is 17.8 Å². The standard InChI is InChI=1S/C20H22N2O4S/c1-2-3-4-12-26-18-10-8-16(9-11-18)21-19(23)14-27-20(21)15-6-5-7-17(13-15)22(24)25/h5-11,13,20H,2-4,12,14H2,1H3/t20-/m0/s1. The third-order valence-corrected chi connectivity index (χ3v) is 5.58. The first-order valence-electron chi connectivity index (χ1n) is 9.01. The number of nitrogens with zero attached hydrogens (tertiary/aromatic N) is 2. The topological polar surface area (TPSA) is 72.7 Å². The molecular formula is C20H22N2O4S. The number of carbonyl (C=O) groups is 1. The maximum absolute atomic E-state index is 12.4. The zero-order valence-corrected chi connectivity index (χ0v) is 16.0. The fraction of sp³-hybridized carbons (Fsp3) is 0.350. The Morgan fingerprint density at radius 3 is 2.70 bits per heavy atom. The summed E-state index contributed by atoms with van der Waals surface area (Å²) in [5.74, 6) is 1.12. The molecule has 1 atom stereocenters. The summed E-state index contributed by atoms with van der Waals surface area (Å²) < 4.78 is 5.72. The molecule has 0 aromatic heterocycles. The molecule has 3 rings (SSSR count). The van der Waals surface area contributed by atoms with Crippen molar-refractivity contribution < 1.29 is 14.5 Å². The lowest BCUT2D eigenvalue weighted by Gasteiger charge is -2.24. The summed E-state index contributed by atoms with van der Waals surface area (Å²) >= 11 is 1.47. The first kappa shape index (κ1) is 19.2. The molecule has 1 saturated heterocycles. The average Bonchev–Trinajstić information content (AvgIpc) is 3.07. The molecular weight excluding hydrogens is 364 g/mol. The maximum Gasteiger partial charge on any atom is 0.269 e. The summed E-state index contributed by atoms with van der Waals surface area (Å²) in [6, 6.07) is 13.9. The molecule has 0 unspecified atom stereocenters. The molecule has 1 aliphatic rings. The number of anilines is 1. The van der Waals surface area contributed by atoms with Gasteiger partial charge in [-0.25, -0.2) is 0 Å². The normalized spacial score (nSPS) is 16.6. The second-order valence-electron chi connectivity index (χ2n) is 6.33. The van der Waals surface area contributed by atoms with Gasteiger partial charge in [0.25, 0.3) is 5.69 Å². The molecule has 0 N–H and O–H groups in total. The predicted molar refractivity (Wildman–Crippen MR) is 107 cm³/mol. The molecule has 7 heteroatoms. The Labute approximate surface area is 162 Å². The average molecular weight is 386 g/mol. The second-order valence-corrected chi connectivity index (χ2v) is 7.40. The van der Waals surface area contributed by atoms with Crippen molar-refractivity contribution in [3.05, 3.63) is 64.2 Å². The highest BCUT2D eigenvalue weighted by molar-refractivity contribution is 8.00. The zero-order chi connectivity index (χ0) is 19.2. The minimum atomic E-state index is -0.417. The van der Waals surface area contributed by atoms with Crippen molar-refractivity contribution in [3.63, 3.8) is 0 Å². The summed E-state index contributed by atoms with van der Waals surface area (Å²) in [5, 5.41) is 10.8. The van der Waals surface area contributed by atoms with Gasteiger partial charge in [-0.2, -0.15) is 0 Å². The Balaban J connectivity index is 1.76. The lowest BCUT2D eigenvalue weighted by Crippen LogP contribution is -2.27. The van der Waals surface area contributed by atoms with Crippen molar-refractivity contribution in [1.29, 1.82) is 0 Å². The number of nitro benzene ring substituents is 1. The Bertz CT molecular complexity index is 810. The van der Waals surface area contributed by atoms with Gasteiger partial charge < -0.3 is 4.74 Å². The van der Waals surface area contributed by atoms with E-state index in [1.165, 1.54) is 23.9 Å². The number of rotatable bonds is 8. The molecule has 1 heterocycles. The van der Waals surface area contributed by atoms with Crippen molar-refractivity contribution in [2.24, 2.45) is 0 Å². The molecule has 0 bridgehead atoms. The fourth-order valence-electron chi connectivity index (χ4n) is 2.99. The van der Waals surface area contributed by atoms with E-state index in [1.54, 1.807) is 11.0 Å². The first-order valence-corrected chi connectivity index (χ1v) is 10.1. The quantitative estimate of drug-likeness (QED) is 0.365.